The molecule has 0 saturated carbocycles. The second kappa shape index (κ2) is 6.96. The summed E-state index contributed by atoms with van der Waals surface area (Å²) >= 11 is 0. The number of hydrogen-bond acceptors (Lipinski definition) is 3. The molecular weight excluding hydrogens is 266 g/mol. The third kappa shape index (κ3) is 4.22. The molecule has 1 aliphatic rings. The van der Waals surface area contributed by atoms with Crippen LogP contribution in [0.1, 0.15) is 58.8 Å². The number of amides is 1. The van der Waals surface area contributed by atoms with Crippen LogP contribution in [0.2, 0.25) is 0 Å². The number of hydrogen-bond donors (Lipinski definition) is 0. The van der Waals surface area contributed by atoms with Gasteiger partial charge in [0.05, 0.1) is 17.9 Å². The molecule has 5 nitrogen and oxygen atoms in total. The first-order valence-electron chi connectivity index (χ1n) is 7.84. The molecule has 0 bridgehead atoms. The van der Waals surface area contributed by atoms with E-state index in [1.807, 2.05) is 41.5 Å². The Morgan fingerprint density at radius 1 is 1.29 bits per heavy atom. The van der Waals surface area contributed by atoms with E-state index in [1.54, 1.807) is 4.90 Å². The van der Waals surface area contributed by atoms with Crippen LogP contribution in [0, 0.1) is 6.92 Å². The molecule has 1 aromatic heterocycles. The molecule has 2 rings (SSSR count). The number of fused-ring (bicyclic) bond motifs is 1. The predicted molar refractivity (Wildman–Crippen MR) is 84.3 cm³/mol. The highest BCUT2D eigenvalue weighted by Crippen LogP contribution is 2.21. The van der Waals surface area contributed by atoms with Crippen LogP contribution >= 0.6 is 0 Å². The first kappa shape index (κ1) is 17.5. The lowest BCUT2D eigenvalue weighted by molar-refractivity contribution is 0.0198. The molecule has 5 heteroatoms. The Hall–Kier alpha value is -1.52. The lowest BCUT2D eigenvalue weighted by Gasteiger charge is -2.31. The Morgan fingerprint density at radius 2 is 1.90 bits per heavy atom. The summed E-state index contributed by atoms with van der Waals surface area (Å²) in [5, 5.41) is 0. The van der Waals surface area contributed by atoms with Gasteiger partial charge in [-0.05, 0) is 27.7 Å². The minimum absolute atomic E-state index is 0.239. The van der Waals surface area contributed by atoms with Gasteiger partial charge < -0.3 is 14.2 Å². The predicted octanol–water partition coefficient (Wildman–Crippen LogP) is 3.53. The van der Waals surface area contributed by atoms with E-state index >= 15 is 0 Å². The molecule has 0 unspecified atom stereocenters. The second-order valence-corrected chi connectivity index (χ2v) is 5.97. The summed E-state index contributed by atoms with van der Waals surface area (Å²) in [7, 11) is 0. The van der Waals surface area contributed by atoms with Crippen molar-refractivity contribution in [1.29, 1.82) is 0 Å². The maximum Gasteiger partial charge on any atom is 0.410 e. The van der Waals surface area contributed by atoms with Crippen LogP contribution < -0.4 is 0 Å². The molecule has 1 amide bonds. The third-order valence-electron chi connectivity index (χ3n) is 3.25. The molecule has 21 heavy (non-hydrogen) atoms. The fraction of sp³-hybridized carbons (Fsp3) is 0.750. The van der Waals surface area contributed by atoms with Crippen LogP contribution in [0.4, 0.5) is 4.79 Å². The number of rotatable bonds is 1. The fourth-order valence-electron chi connectivity index (χ4n) is 2.37. The van der Waals surface area contributed by atoms with Gasteiger partial charge in [0, 0.05) is 19.5 Å². The zero-order valence-corrected chi connectivity index (χ0v) is 14.5. The lowest BCUT2D eigenvalue weighted by Crippen LogP contribution is -2.41. The van der Waals surface area contributed by atoms with Crippen LogP contribution in [-0.2, 0) is 24.2 Å². The van der Waals surface area contributed by atoms with E-state index < -0.39 is 5.60 Å². The van der Waals surface area contributed by atoms with Gasteiger partial charge in [-0.15, -0.1) is 0 Å². The highest BCUT2D eigenvalue weighted by atomic mass is 16.6. The van der Waals surface area contributed by atoms with Crippen molar-refractivity contribution in [2.24, 2.45) is 0 Å². The first-order chi connectivity index (χ1) is 9.81. The lowest BCUT2D eigenvalue weighted by atomic mass is 10.2. The molecule has 0 aliphatic carbocycles. The standard InChI is InChI=1S/C14H23N3O2.C2H6/c1-6-12-15-10(2)11-9-16(7-8-17(11)12)13(18)19-14(3,4)5;1-2/h6-9H2,1-5H3;1-2H3. The van der Waals surface area contributed by atoms with E-state index in [0.29, 0.717) is 13.1 Å². The normalized spacial score (nSPS) is 14.1. The van der Waals surface area contributed by atoms with E-state index in [-0.39, 0.29) is 6.09 Å². The minimum atomic E-state index is -0.446. The van der Waals surface area contributed by atoms with E-state index in [4.69, 9.17) is 4.74 Å². The Morgan fingerprint density at radius 3 is 2.43 bits per heavy atom. The third-order valence-corrected chi connectivity index (χ3v) is 3.25. The number of nitrogens with zero attached hydrogens (tertiary/aromatic N) is 3. The average Bonchev–Trinajstić information content (AvgIpc) is 2.75. The van der Waals surface area contributed by atoms with Crippen molar-refractivity contribution >= 4 is 6.09 Å². The van der Waals surface area contributed by atoms with Crippen molar-refractivity contribution in [2.75, 3.05) is 6.54 Å². The summed E-state index contributed by atoms with van der Waals surface area (Å²) in [6.07, 6.45) is 0.685. The van der Waals surface area contributed by atoms with Crippen LogP contribution in [0.5, 0.6) is 0 Å². The SMILES string of the molecule is CC.CCc1nc(C)c2n1CCN(C(=O)OC(C)(C)C)C2. The van der Waals surface area contributed by atoms with Crippen molar-refractivity contribution in [3.63, 3.8) is 0 Å². The zero-order chi connectivity index (χ0) is 16.2. The van der Waals surface area contributed by atoms with Gasteiger partial charge >= 0.3 is 6.09 Å². The van der Waals surface area contributed by atoms with Crippen molar-refractivity contribution in [3.8, 4) is 0 Å². The van der Waals surface area contributed by atoms with Gasteiger partial charge in [0.15, 0.2) is 0 Å². The van der Waals surface area contributed by atoms with Gasteiger partial charge in [-0.1, -0.05) is 20.8 Å². The summed E-state index contributed by atoms with van der Waals surface area (Å²) in [5.74, 6) is 1.11. The molecule has 0 fully saturated rings. The maximum absolute atomic E-state index is 12.1. The Balaban J connectivity index is 0.00000106. The highest BCUT2D eigenvalue weighted by Gasteiger charge is 2.28. The smallest absolute Gasteiger partial charge is 0.410 e. The molecule has 1 aromatic rings. The Kier molecular flexibility index (Phi) is 5.81. The number of imidazole rings is 1. The maximum atomic E-state index is 12.1. The average molecular weight is 295 g/mol. The van der Waals surface area contributed by atoms with Crippen LogP contribution in [0.15, 0.2) is 0 Å². The molecule has 0 spiro atoms. The molecule has 0 aromatic carbocycles. The number of aromatic nitrogens is 2. The van der Waals surface area contributed by atoms with Gasteiger partial charge in [-0.25, -0.2) is 9.78 Å². The molecular formula is C16H29N3O2. The van der Waals surface area contributed by atoms with E-state index in [0.717, 1.165) is 30.2 Å². The van der Waals surface area contributed by atoms with E-state index in [1.165, 1.54) is 0 Å². The summed E-state index contributed by atoms with van der Waals surface area (Å²) in [5.41, 5.74) is 1.71. The van der Waals surface area contributed by atoms with Crippen molar-refractivity contribution in [1.82, 2.24) is 14.5 Å². The molecule has 0 saturated heterocycles. The second-order valence-electron chi connectivity index (χ2n) is 5.97. The topological polar surface area (TPSA) is 47.4 Å². The quantitative estimate of drug-likeness (QED) is 0.796. The van der Waals surface area contributed by atoms with Crippen molar-refractivity contribution in [3.05, 3.63) is 17.2 Å². The molecule has 0 atom stereocenters. The number of ether oxygens (including phenoxy) is 1. The Labute approximate surface area is 128 Å². The molecule has 0 N–H and O–H groups in total. The molecule has 2 heterocycles. The van der Waals surface area contributed by atoms with Gasteiger partial charge in [0.2, 0.25) is 0 Å². The number of carbonyl (C=O) groups excluding carboxylic acids is 1. The highest BCUT2D eigenvalue weighted by molar-refractivity contribution is 5.68. The van der Waals surface area contributed by atoms with Crippen LogP contribution in [0.25, 0.3) is 0 Å². The van der Waals surface area contributed by atoms with Crippen LogP contribution in [0.3, 0.4) is 0 Å². The van der Waals surface area contributed by atoms with Gasteiger partial charge in [-0.3, -0.25) is 0 Å². The van der Waals surface area contributed by atoms with Gasteiger partial charge in [0.1, 0.15) is 11.4 Å². The number of aryl methyl sites for hydroxylation is 2. The summed E-state index contributed by atoms with van der Waals surface area (Å²) < 4.78 is 7.65. The summed E-state index contributed by atoms with van der Waals surface area (Å²) in [4.78, 5) is 18.4. The van der Waals surface area contributed by atoms with E-state index in [2.05, 4.69) is 16.5 Å². The van der Waals surface area contributed by atoms with Crippen molar-refractivity contribution in [2.45, 2.75) is 73.6 Å². The van der Waals surface area contributed by atoms with E-state index in [9.17, 15) is 4.79 Å². The van der Waals surface area contributed by atoms with Gasteiger partial charge in [-0.2, -0.15) is 0 Å². The summed E-state index contributed by atoms with van der Waals surface area (Å²) in [6, 6.07) is 0. The Bertz CT molecular complexity index is 486. The van der Waals surface area contributed by atoms with Crippen molar-refractivity contribution < 1.29 is 9.53 Å². The fourth-order valence-corrected chi connectivity index (χ4v) is 2.37. The monoisotopic (exact) mass is 295 g/mol. The van der Waals surface area contributed by atoms with Crippen LogP contribution in [-0.4, -0.2) is 32.7 Å². The minimum Gasteiger partial charge on any atom is -0.444 e. The molecule has 0 radical (unpaired) electrons. The number of carbonyl (C=O) groups is 1. The largest absolute Gasteiger partial charge is 0.444 e. The summed E-state index contributed by atoms with van der Waals surface area (Å²) in [6.45, 7) is 15.9. The zero-order valence-electron chi connectivity index (χ0n) is 14.5. The molecule has 120 valence electrons. The molecule has 1 aliphatic heterocycles. The van der Waals surface area contributed by atoms with Gasteiger partial charge in [0.25, 0.3) is 0 Å². The first-order valence-corrected chi connectivity index (χ1v) is 7.84.